The largest absolute Gasteiger partial charge is 0.287 e. The molecule has 230 valence electrons. The number of hydrogen-bond acceptors (Lipinski definition) is 0. The van der Waals surface area contributed by atoms with Gasteiger partial charge in [0.15, 0.2) is 4.70 Å². The zero-order valence-electron chi connectivity index (χ0n) is 27.2. The van der Waals surface area contributed by atoms with Gasteiger partial charge in [-0.25, -0.2) is 0 Å². The van der Waals surface area contributed by atoms with Gasteiger partial charge in [-0.1, -0.05) is 133 Å². The van der Waals surface area contributed by atoms with Crippen LogP contribution >= 0.6 is 0 Å². The molecule has 2 spiro atoms. The minimum absolute atomic E-state index is 0.440. The summed E-state index contributed by atoms with van der Waals surface area (Å²) in [7, 11) is 0. The van der Waals surface area contributed by atoms with Crippen LogP contribution in [0, 0.1) is 0 Å². The summed E-state index contributed by atoms with van der Waals surface area (Å²) in [5.74, 6) is 0. The maximum atomic E-state index is 2.52. The van der Waals surface area contributed by atoms with E-state index in [1.54, 1.807) is 0 Å². The van der Waals surface area contributed by atoms with Crippen molar-refractivity contribution in [1.29, 1.82) is 0 Å². The second kappa shape index (κ2) is 9.17. The van der Waals surface area contributed by atoms with E-state index in [1.807, 2.05) is 0 Å². The van der Waals surface area contributed by atoms with Gasteiger partial charge < -0.3 is 0 Å². The van der Waals surface area contributed by atoms with E-state index < -0.39 is 5.41 Å². The van der Waals surface area contributed by atoms with Crippen LogP contribution in [-0.2, 0) is 5.41 Å². The van der Waals surface area contributed by atoms with Crippen molar-refractivity contribution in [3.63, 3.8) is 0 Å². The molecule has 0 radical (unpaired) electrons. The molecule has 8 aromatic rings. The smallest absolute Gasteiger partial charge is 0.0622 e. The molecule has 0 bridgehead atoms. The highest BCUT2D eigenvalue weighted by Gasteiger charge is 2.76. The van der Waals surface area contributed by atoms with Gasteiger partial charge in [-0.05, 0) is 45.5 Å². The molecule has 6 aromatic carbocycles. The van der Waals surface area contributed by atoms with Gasteiger partial charge in [0, 0.05) is 46.5 Å². The first-order valence-electron chi connectivity index (χ1n) is 17.4. The molecule has 0 amide bonds. The molecular formula is C47H30N3+3. The molecule has 0 unspecified atom stereocenters. The Hall–Kier alpha value is -6.42. The van der Waals surface area contributed by atoms with Crippen LogP contribution in [0.3, 0.4) is 0 Å². The molecule has 4 aliphatic rings. The Morgan fingerprint density at radius 1 is 0.340 bits per heavy atom. The average molecular weight is 637 g/mol. The average Bonchev–Trinajstić information content (AvgIpc) is 3.79. The van der Waals surface area contributed by atoms with Crippen LogP contribution in [0.1, 0.15) is 22.3 Å². The van der Waals surface area contributed by atoms with Crippen molar-refractivity contribution in [2.45, 2.75) is 5.41 Å². The molecular weight excluding hydrogens is 607 g/mol. The van der Waals surface area contributed by atoms with E-state index in [0.29, 0.717) is 4.70 Å². The lowest BCUT2D eigenvalue weighted by Gasteiger charge is -2.39. The molecule has 0 saturated carbocycles. The van der Waals surface area contributed by atoms with Gasteiger partial charge in [-0.3, -0.25) is 0 Å². The number of aromatic nitrogens is 2. The van der Waals surface area contributed by atoms with Crippen molar-refractivity contribution in [3.8, 4) is 55.9 Å². The first-order chi connectivity index (χ1) is 24.8. The van der Waals surface area contributed by atoms with E-state index in [0.717, 1.165) is 0 Å². The number of hydrogen-bond donors (Lipinski definition) is 0. The third-order valence-corrected chi connectivity index (χ3v) is 11.7. The molecule has 5 heterocycles. The predicted molar refractivity (Wildman–Crippen MR) is 198 cm³/mol. The van der Waals surface area contributed by atoms with Crippen LogP contribution in [-0.4, -0.2) is 0 Å². The third-order valence-electron chi connectivity index (χ3n) is 11.7. The van der Waals surface area contributed by atoms with E-state index in [1.165, 1.54) is 89.5 Å². The van der Waals surface area contributed by atoms with Gasteiger partial charge in [-0.2, -0.15) is 0 Å². The van der Waals surface area contributed by atoms with Crippen LogP contribution in [0.4, 0.5) is 11.4 Å². The quantitative estimate of drug-likeness (QED) is 0.132. The molecule has 3 aliphatic heterocycles. The highest BCUT2D eigenvalue weighted by atomic mass is 15.9. The Bertz CT molecular complexity index is 2570. The van der Waals surface area contributed by atoms with Crippen LogP contribution in [0.2, 0.25) is 0 Å². The number of fused-ring (bicyclic) bond motifs is 11. The van der Waals surface area contributed by atoms with E-state index in [9.17, 15) is 0 Å². The summed E-state index contributed by atoms with van der Waals surface area (Å²) in [5, 5.41) is 0. The molecule has 0 saturated heterocycles. The summed E-state index contributed by atoms with van der Waals surface area (Å²) in [6, 6.07) is 63.3. The molecule has 0 N–H and O–H groups in total. The first-order valence-corrected chi connectivity index (χ1v) is 17.4. The summed E-state index contributed by atoms with van der Waals surface area (Å²) in [6.07, 6.45) is 4.58. The molecule has 0 atom stereocenters. The fraction of sp³-hybridized carbons (Fsp3) is 0.0213. The van der Waals surface area contributed by atoms with Crippen LogP contribution in [0.25, 0.3) is 55.9 Å². The number of pyridine rings is 2. The van der Waals surface area contributed by atoms with Crippen molar-refractivity contribution >= 4 is 11.4 Å². The van der Waals surface area contributed by atoms with Crippen LogP contribution in [0.15, 0.2) is 182 Å². The van der Waals surface area contributed by atoms with Crippen molar-refractivity contribution in [2.24, 2.45) is 0 Å². The molecule has 3 nitrogen and oxygen atoms in total. The Morgan fingerprint density at radius 2 is 0.760 bits per heavy atom. The minimum Gasteiger partial charge on any atom is -0.0622 e. The zero-order valence-corrected chi connectivity index (χ0v) is 27.2. The summed E-state index contributed by atoms with van der Waals surface area (Å²) in [5.41, 5.74) is 20.1. The number of nitrogens with zero attached hydrogens (tertiary/aromatic N) is 3. The standard InChI is InChI=1S/C47H30N3/c1-3-15-31(16-4-1)33-25-27-39-45-43(33)41-23-11-13-29-48(41)50(45)46-40(47(39)37-21-9-7-19-35(37)36-20-8-10-22-38(36)47)28-26-34(32-17-5-2-6-18-32)44(46)42-24-12-14-30-49(42)50/h1-30H/q+3. The number of quaternary nitrogens is 1. The van der Waals surface area contributed by atoms with E-state index in [4.69, 9.17) is 0 Å². The molecule has 0 fully saturated rings. The maximum absolute atomic E-state index is 2.52. The summed E-state index contributed by atoms with van der Waals surface area (Å²) < 4.78 is 5.48. The summed E-state index contributed by atoms with van der Waals surface area (Å²) >= 11 is 0. The van der Waals surface area contributed by atoms with Gasteiger partial charge in [0.25, 0.3) is 22.8 Å². The molecule has 3 heteroatoms. The van der Waals surface area contributed by atoms with Crippen LogP contribution in [0.5, 0.6) is 0 Å². The predicted octanol–water partition coefficient (Wildman–Crippen LogP) is 9.80. The van der Waals surface area contributed by atoms with Gasteiger partial charge >= 0.3 is 0 Å². The normalized spacial score (nSPS) is 15.1. The van der Waals surface area contributed by atoms with Crippen LogP contribution < -0.4 is 14.1 Å². The Balaban J connectivity index is 1.37. The fourth-order valence-corrected chi connectivity index (χ4v) is 10.0. The fourth-order valence-electron chi connectivity index (χ4n) is 10.0. The van der Waals surface area contributed by atoms with Crippen molar-refractivity contribution in [3.05, 3.63) is 205 Å². The second-order valence-electron chi connectivity index (χ2n) is 13.8. The third kappa shape index (κ3) is 2.83. The zero-order chi connectivity index (χ0) is 32.6. The lowest BCUT2D eigenvalue weighted by atomic mass is 9.63. The molecule has 2 aromatic heterocycles. The van der Waals surface area contributed by atoms with Crippen molar-refractivity contribution in [2.75, 3.05) is 0 Å². The van der Waals surface area contributed by atoms with Crippen molar-refractivity contribution in [1.82, 2.24) is 4.70 Å². The lowest BCUT2D eigenvalue weighted by molar-refractivity contribution is -1.02. The second-order valence-corrected chi connectivity index (χ2v) is 13.8. The first kappa shape index (κ1) is 26.5. The Labute approximate surface area is 290 Å². The van der Waals surface area contributed by atoms with E-state index in [2.05, 4.69) is 192 Å². The Morgan fingerprint density at radius 3 is 1.24 bits per heavy atom. The van der Waals surface area contributed by atoms with E-state index >= 15 is 0 Å². The highest BCUT2D eigenvalue weighted by molar-refractivity contribution is 6.04. The summed E-state index contributed by atoms with van der Waals surface area (Å²) in [4.78, 5) is 0. The molecule has 12 rings (SSSR count). The van der Waals surface area contributed by atoms with Gasteiger partial charge in [-0.15, -0.1) is 0 Å². The summed E-state index contributed by atoms with van der Waals surface area (Å²) in [6.45, 7) is 0. The van der Waals surface area contributed by atoms with Gasteiger partial charge in [0.1, 0.15) is 11.1 Å². The van der Waals surface area contributed by atoms with Gasteiger partial charge in [0.2, 0.25) is 12.4 Å². The SMILES string of the molecule is c1ccc(-c2ccc3c4c2-c2cccc[n+]2[N+]42c4c(ccc(-c5ccccc5)c4-c4cccc[n+]42)C32c3ccccc3-c3ccccc32)cc1. The highest BCUT2D eigenvalue weighted by Crippen LogP contribution is 2.69. The number of benzene rings is 6. The lowest BCUT2D eigenvalue weighted by Crippen LogP contribution is -2.82. The maximum Gasteiger partial charge on any atom is 0.287 e. The topological polar surface area (TPSA) is 7.76 Å². The van der Waals surface area contributed by atoms with Crippen molar-refractivity contribution < 1.29 is 9.35 Å². The van der Waals surface area contributed by atoms with Gasteiger partial charge in [0.05, 0.1) is 14.8 Å². The molecule has 1 aliphatic carbocycles. The Kier molecular flexibility index (Phi) is 4.87. The monoisotopic (exact) mass is 636 g/mol. The minimum atomic E-state index is -0.515. The number of rotatable bonds is 2. The van der Waals surface area contributed by atoms with E-state index in [-0.39, 0.29) is 0 Å². The molecule has 50 heavy (non-hydrogen) atoms.